The molecular formula is C6H7N2O2. The second-order valence-corrected chi connectivity index (χ2v) is 1.77. The highest BCUT2D eigenvalue weighted by molar-refractivity contribution is 5.84. The third kappa shape index (κ3) is 1.15. The summed E-state index contributed by atoms with van der Waals surface area (Å²) in [6, 6.07) is 0. The van der Waals surface area contributed by atoms with Crippen molar-refractivity contribution in [2.45, 2.75) is 6.92 Å². The van der Waals surface area contributed by atoms with Crippen LogP contribution in [0.15, 0.2) is 12.5 Å². The van der Waals surface area contributed by atoms with E-state index in [1.54, 1.807) is 18.0 Å². The van der Waals surface area contributed by atoms with Crippen LogP contribution in [-0.2, 0) is 0 Å². The summed E-state index contributed by atoms with van der Waals surface area (Å²) in [5.41, 5.74) is 0.0677. The van der Waals surface area contributed by atoms with Gasteiger partial charge in [-0.1, -0.05) is 0 Å². The molecule has 1 radical (unpaired) electrons. The minimum Gasteiger partial charge on any atom is -0.476 e. The number of rotatable bonds is 2. The molecule has 1 aromatic rings. The molecule has 4 heteroatoms. The maximum Gasteiger partial charge on any atom is 0.356 e. The van der Waals surface area contributed by atoms with E-state index in [1.807, 2.05) is 0 Å². The van der Waals surface area contributed by atoms with E-state index in [4.69, 9.17) is 5.11 Å². The van der Waals surface area contributed by atoms with Gasteiger partial charge < -0.3 is 9.67 Å². The average molecular weight is 139 g/mol. The van der Waals surface area contributed by atoms with E-state index < -0.39 is 5.97 Å². The lowest BCUT2D eigenvalue weighted by atomic mass is 10.5. The minimum atomic E-state index is -0.999. The molecule has 0 atom stereocenters. The molecule has 53 valence electrons. The van der Waals surface area contributed by atoms with E-state index in [9.17, 15) is 4.79 Å². The van der Waals surface area contributed by atoms with Gasteiger partial charge >= 0.3 is 5.97 Å². The first-order valence-electron chi connectivity index (χ1n) is 2.80. The molecule has 0 unspecified atom stereocenters. The summed E-state index contributed by atoms with van der Waals surface area (Å²) in [5, 5.41) is 8.40. The van der Waals surface area contributed by atoms with Crippen molar-refractivity contribution in [2.75, 3.05) is 0 Å². The molecule has 0 saturated carbocycles. The summed E-state index contributed by atoms with van der Waals surface area (Å²) in [6.45, 7) is 3.52. The van der Waals surface area contributed by atoms with Gasteiger partial charge in [0.25, 0.3) is 0 Å². The molecule has 0 aliphatic heterocycles. The first-order chi connectivity index (χ1) is 4.74. The predicted molar refractivity (Wildman–Crippen MR) is 34.6 cm³/mol. The Labute approximate surface area is 58.1 Å². The summed E-state index contributed by atoms with van der Waals surface area (Å²) >= 11 is 0. The van der Waals surface area contributed by atoms with Crippen molar-refractivity contribution in [1.82, 2.24) is 9.55 Å². The van der Waals surface area contributed by atoms with Gasteiger partial charge in [-0.25, -0.2) is 9.78 Å². The monoisotopic (exact) mass is 139 g/mol. The Bertz CT molecular complexity index is 242. The third-order valence-corrected chi connectivity index (χ3v) is 1.12. The lowest BCUT2D eigenvalue weighted by Gasteiger charge is -1.88. The normalized spacial score (nSPS) is 9.70. The molecule has 0 aliphatic rings. The molecule has 10 heavy (non-hydrogen) atoms. The third-order valence-electron chi connectivity index (χ3n) is 1.12. The Morgan fingerprint density at radius 3 is 2.90 bits per heavy atom. The topological polar surface area (TPSA) is 55.1 Å². The van der Waals surface area contributed by atoms with Crippen LogP contribution in [0.2, 0.25) is 0 Å². The van der Waals surface area contributed by atoms with E-state index in [0.717, 1.165) is 0 Å². The average Bonchev–Trinajstić information content (AvgIpc) is 2.34. The Balaban J connectivity index is 2.88. The molecule has 0 bridgehead atoms. The van der Waals surface area contributed by atoms with Gasteiger partial charge in [0.2, 0.25) is 0 Å². The number of hydrogen-bond donors (Lipinski definition) is 1. The Morgan fingerprint density at radius 1 is 1.90 bits per heavy atom. The van der Waals surface area contributed by atoms with Crippen molar-refractivity contribution in [3.8, 4) is 0 Å². The molecule has 1 heterocycles. The molecule has 0 aromatic carbocycles. The zero-order valence-corrected chi connectivity index (χ0v) is 5.48. The van der Waals surface area contributed by atoms with E-state index in [1.165, 1.54) is 12.5 Å². The smallest absolute Gasteiger partial charge is 0.356 e. The van der Waals surface area contributed by atoms with E-state index in [2.05, 4.69) is 4.98 Å². The van der Waals surface area contributed by atoms with Crippen LogP contribution in [0.3, 0.4) is 0 Å². The van der Waals surface area contributed by atoms with Crippen molar-refractivity contribution in [2.24, 2.45) is 0 Å². The highest BCUT2D eigenvalue weighted by atomic mass is 16.4. The van der Waals surface area contributed by atoms with Crippen LogP contribution in [-0.4, -0.2) is 20.6 Å². The molecule has 0 spiro atoms. The number of imidazole rings is 1. The van der Waals surface area contributed by atoms with E-state index in [0.29, 0.717) is 0 Å². The lowest BCUT2D eigenvalue weighted by molar-refractivity contribution is 0.0691. The molecular weight excluding hydrogens is 132 g/mol. The van der Waals surface area contributed by atoms with Crippen LogP contribution in [0, 0.1) is 6.54 Å². The maximum absolute atomic E-state index is 10.2. The molecule has 0 aliphatic carbocycles. The molecule has 1 N–H and O–H groups in total. The van der Waals surface area contributed by atoms with Gasteiger partial charge in [0, 0.05) is 6.20 Å². The van der Waals surface area contributed by atoms with Gasteiger partial charge in [0.05, 0.1) is 12.9 Å². The Kier molecular flexibility index (Phi) is 1.71. The number of nitrogens with zero attached hydrogens (tertiary/aromatic N) is 2. The predicted octanol–water partition coefficient (Wildman–Crippen LogP) is 0.611. The van der Waals surface area contributed by atoms with Crippen LogP contribution < -0.4 is 0 Å². The van der Waals surface area contributed by atoms with Gasteiger partial charge in [-0.3, -0.25) is 0 Å². The first kappa shape index (κ1) is 6.80. The molecule has 1 rings (SSSR count). The van der Waals surface area contributed by atoms with Crippen molar-refractivity contribution in [1.29, 1.82) is 0 Å². The van der Waals surface area contributed by atoms with E-state index in [-0.39, 0.29) is 5.69 Å². The van der Waals surface area contributed by atoms with Crippen LogP contribution in [0.5, 0.6) is 0 Å². The highest BCUT2D eigenvalue weighted by Gasteiger charge is 2.04. The number of carboxylic acid groups (broad SMARTS) is 1. The maximum atomic E-state index is 10.2. The van der Waals surface area contributed by atoms with Crippen molar-refractivity contribution in [3.63, 3.8) is 0 Å². The summed E-state index contributed by atoms with van der Waals surface area (Å²) < 4.78 is 1.59. The largest absolute Gasteiger partial charge is 0.476 e. The summed E-state index contributed by atoms with van der Waals surface area (Å²) in [7, 11) is 0. The quantitative estimate of drug-likeness (QED) is 0.653. The second-order valence-electron chi connectivity index (χ2n) is 1.77. The molecule has 4 nitrogen and oxygen atoms in total. The number of carbonyl (C=O) groups is 1. The first-order valence-corrected chi connectivity index (χ1v) is 2.80. The zero-order chi connectivity index (χ0) is 7.56. The van der Waals surface area contributed by atoms with Gasteiger partial charge in [-0.2, -0.15) is 0 Å². The molecule has 1 aromatic heterocycles. The van der Waals surface area contributed by atoms with E-state index >= 15 is 0 Å². The lowest BCUT2D eigenvalue weighted by Crippen LogP contribution is -1.95. The highest BCUT2D eigenvalue weighted by Crippen LogP contribution is 1.95. The standard InChI is InChI=1S/C6H7N2O2/c1-2-8-3-5(6(9)10)7-4-8/h2-4H,1H3,(H,9,10). The van der Waals surface area contributed by atoms with Gasteiger partial charge in [-0.05, 0) is 6.92 Å². The second kappa shape index (κ2) is 2.51. The zero-order valence-electron chi connectivity index (χ0n) is 5.48. The van der Waals surface area contributed by atoms with Crippen LogP contribution in [0.25, 0.3) is 0 Å². The summed E-state index contributed by atoms with van der Waals surface area (Å²) in [5.74, 6) is -0.999. The molecule has 0 amide bonds. The Hall–Kier alpha value is -1.32. The summed E-state index contributed by atoms with van der Waals surface area (Å²) in [4.78, 5) is 13.9. The fraction of sp³-hybridized carbons (Fsp3) is 0.167. The Morgan fingerprint density at radius 2 is 2.60 bits per heavy atom. The van der Waals surface area contributed by atoms with Gasteiger partial charge in [0.15, 0.2) is 5.69 Å². The van der Waals surface area contributed by atoms with Crippen LogP contribution in [0.1, 0.15) is 17.4 Å². The molecule has 0 saturated heterocycles. The number of carboxylic acids is 1. The van der Waals surface area contributed by atoms with Crippen molar-refractivity contribution < 1.29 is 9.90 Å². The fourth-order valence-corrected chi connectivity index (χ4v) is 0.588. The van der Waals surface area contributed by atoms with Crippen LogP contribution in [0.4, 0.5) is 0 Å². The van der Waals surface area contributed by atoms with Gasteiger partial charge in [-0.15, -0.1) is 0 Å². The number of hydrogen-bond acceptors (Lipinski definition) is 2. The van der Waals surface area contributed by atoms with Crippen molar-refractivity contribution in [3.05, 3.63) is 24.8 Å². The SMILES string of the molecule is C[CH]n1cnc(C(=O)O)c1. The summed E-state index contributed by atoms with van der Waals surface area (Å²) in [6.07, 6.45) is 2.89. The van der Waals surface area contributed by atoms with Crippen molar-refractivity contribution >= 4 is 5.97 Å². The minimum absolute atomic E-state index is 0.0677. The van der Waals surface area contributed by atoms with Crippen LogP contribution >= 0.6 is 0 Å². The molecule has 0 fully saturated rings. The fourth-order valence-electron chi connectivity index (χ4n) is 0.588. The van der Waals surface area contributed by atoms with Gasteiger partial charge in [0.1, 0.15) is 0 Å². The number of aromatic nitrogens is 2. The number of aromatic carboxylic acids is 1.